The molecule has 1 N–H and O–H groups in total. The highest BCUT2D eigenvalue weighted by Gasteiger charge is 2.15. The summed E-state index contributed by atoms with van der Waals surface area (Å²) in [6.45, 7) is 6.59. The van der Waals surface area contributed by atoms with Crippen LogP contribution in [0.15, 0.2) is 42.5 Å². The molecule has 2 aromatic rings. The summed E-state index contributed by atoms with van der Waals surface area (Å²) in [4.78, 5) is 0. The topological polar surface area (TPSA) is 30.5 Å². The summed E-state index contributed by atoms with van der Waals surface area (Å²) in [5, 5.41) is 3.51. The average Bonchev–Trinajstić information content (AvgIpc) is 3.08. The molecule has 0 spiro atoms. The highest BCUT2D eigenvalue weighted by atomic mass is 16.5. The van der Waals surface area contributed by atoms with E-state index >= 15 is 0 Å². The maximum Gasteiger partial charge on any atom is 0.119 e. The second kappa shape index (κ2) is 7.51. The molecule has 1 atom stereocenters. The number of anilines is 1. The maximum atomic E-state index is 5.80. The number of hydrogen-bond acceptors (Lipinski definition) is 3. The van der Waals surface area contributed by atoms with Crippen molar-refractivity contribution in [3.63, 3.8) is 0 Å². The SMILES string of the molecule is Cc1ccc(C)c(NCc2ccc(OCC3CCCO3)cc2)c1. The normalized spacial score (nSPS) is 17.2. The van der Waals surface area contributed by atoms with Gasteiger partial charge in [0.25, 0.3) is 0 Å². The third-order valence-corrected chi connectivity index (χ3v) is 4.26. The predicted octanol–water partition coefficient (Wildman–Crippen LogP) is 4.47. The molecule has 122 valence electrons. The smallest absolute Gasteiger partial charge is 0.119 e. The highest BCUT2D eigenvalue weighted by molar-refractivity contribution is 5.52. The number of rotatable bonds is 6. The van der Waals surface area contributed by atoms with Crippen LogP contribution in [0.2, 0.25) is 0 Å². The van der Waals surface area contributed by atoms with Gasteiger partial charge in [0.05, 0.1) is 6.10 Å². The maximum absolute atomic E-state index is 5.80. The molecule has 1 heterocycles. The molecule has 0 bridgehead atoms. The Morgan fingerprint density at radius 3 is 2.70 bits per heavy atom. The summed E-state index contributed by atoms with van der Waals surface area (Å²) in [6, 6.07) is 14.8. The molecule has 0 aromatic heterocycles. The van der Waals surface area contributed by atoms with Crippen LogP contribution in [0.25, 0.3) is 0 Å². The van der Waals surface area contributed by atoms with E-state index in [0.717, 1.165) is 31.7 Å². The van der Waals surface area contributed by atoms with Crippen LogP contribution in [-0.4, -0.2) is 19.3 Å². The second-order valence-electron chi connectivity index (χ2n) is 6.26. The van der Waals surface area contributed by atoms with E-state index in [-0.39, 0.29) is 6.10 Å². The molecule has 1 aliphatic heterocycles. The fraction of sp³-hybridized carbons (Fsp3) is 0.400. The molecule has 3 heteroatoms. The molecule has 0 radical (unpaired) electrons. The minimum Gasteiger partial charge on any atom is -0.491 e. The molecular formula is C20H25NO2. The molecule has 1 fully saturated rings. The lowest BCUT2D eigenvalue weighted by Gasteiger charge is -2.13. The highest BCUT2D eigenvalue weighted by Crippen LogP contribution is 2.19. The van der Waals surface area contributed by atoms with E-state index in [0.29, 0.717) is 6.61 Å². The monoisotopic (exact) mass is 311 g/mol. The van der Waals surface area contributed by atoms with Crippen molar-refractivity contribution >= 4 is 5.69 Å². The zero-order valence-corrected chi connectivity index (χ0v) is 14.0. The van der Waals surface area contributed by atoms with Crippen molar-refractivity contribution < 1.29 is 9.47 Å². The van der Waals surface area contributed by atoms with Crippen molar-refractivity contribution in [3.8, 4) is 5.75 Å². The van der Waals surface area contributed by atoms with Crippen LogP contribution in [0.1, 0.15) is 29.5 Å². The van der Waals surface area contributed by atoms with Gasteiger partial charge in [-0.05, 0) is 61.6 Å². The molecule has 1 aliphatic rings. The summed E-state index contributed by atoms with van der Waals surface area (Å²) >= 11 is 0. The van der Waals surface area contributed by atoms with Gasteiger partial charge < -0.3 is 14.8 Å². The lowest BCUT2D eigenvalue weighted by molar-refractivity contribution is 0.0679. The van der Waals surface area contributed by atoms with Gasteiger partial charge in [0.2, 0.25) is 0 Å². The second-order valence-corrected chi connectivity index (χ2v) is 6.26. The Kier molecular flexibility index (Phi) is 5.19. The molecule has 3 rings (SSSR count). The molecule has 0 amide bonds. The van der Waals surface area contributed by atoms with Crippen molar-refractivity contribution in [1.29, 1.82) is 0 Å². The predicted molar refractivity (Wildman–Crippen MR) is 94.2 cm³/mol. The van der Waals surface area contributed by atoms with Crippen LogP contribution < -0.4 is 10.1 Å². The van der Waals surface area contributed by atoms with Crippen molar-refractivity contribution in [1.82, 2.24) is 0 Å². The number of ether oxygens (including phenoxy) is 2. The van der Waals surface area contributed by atoms with Gasteiger partial charge in [-0.1, -0.05) is 24.3 Å². The van der Waals surface area contributed by atoms with E-state index in [1.165, 1.54) is 22.4 Å². The van der Waals surface area contributed by atoms with E-state index in [1.54, 1.807) is 0 Å². The third-order valence-electron chi connectivity index (χ3n) is 4.26. The summed E-state index contributed by atoms with van der Waals surface area (Å²) < 4.78 is 11.4. The molecule has 0 saturated carbocycles. The summed E-state index contributed by atoms with van der Waals surface area (Å²) in [6.07, 6.45) is 2.52. The van der Waals surface area contributed by atoms with Gasteiger partial charge in [-0.3, -0.25) is 0 Å². The number of benzene rings is 2. The molecule has 2 aromatic carbocycles. The summed E-state index contributed by atoms with van der Waals surface area (Å²) in [5.41, 5.74) is 4.99. The molecule has 3 nitrogen and oxygen atoms in total. The molecular weight excluding hydrogens is 286 g/mol. The zero-order valence-electron chi connectivity index (χ0n) is 14.0. The lowest BCUT2D eigenvalue weighted by Crippen LogP contribution is -2.16. The van der Waals surface area contributed by atoms with E-state index in [9.17, 15) is 0 Å². The van der Waals surface area contributed by atoms with Gasteiger partial charge in [-0.25, -0.2) is 0 Å². The van der Waals surface area contributed by atoms with Crippen LogP contribution in [0.3, 0.4) is 0 Å². The van der Waals surface area contributed by atoms with Gasteiger partial charge in [-0.15, -0.1) is 0 Å². The van der Waals surface area contributed by atoms with Crippen molar-refractivity contribution in [3.05, 3.63) is 59.2 Å². The van der Waals surface area contributed by atoms with Crippen molar-refractivity contribution in [2.24, 2.45) is 0 Å². The van der Waals surface area contributed by atoms with Gasteiger partial charge in [0.1, 0.15) is 12.4 Å². The van der Waals surface area contributed by atoms with Crippen LogP contribution in [0.5, 0.6) is 5.75 Å². The average molecular weight is 311 g/mol. The fourth-order valence-electron chi connectivity index (χ4n) is 2.79. The van der Waals surface area contributed by atoms with Gasteiger partial charge >= 0.3 is 0 Å². The summed E-state index contributed by atoms with van der Waals surface area (Å²) in [5.74, 6) is 0.913. The minimum atomic E-state index is 0.264. The Labute approximate surface area is 138 Å². The molecule has 1 saturated heterocycles. The molecule has 23 heavy (non-hydrogen) atoms. The van der Waals surface area contributed by atoms with E-state index in [4.69, 9.17) is 9.47 Å². The first kappa shape index (κ1) is 15.9. The third kappa shape index (κ3) is 4.49. The largest absolute Gasteiger partial charge is 0.491 e. The van der Waals surface area contributed by atoms with E-state index in [2.05, 4.69) is 49.5 Å². The first-order valence-corrected chi connectivity index (χ1v) is 8.35. The van der Waals surface area contributed by atoms with Crippen LogP contribution in [0, 0.1) is 13.8 Å². The van der Waals surface area contributed by atoms with E-state index in [1.807, 2.05) is 12.1 Å². The van der Waals surface area contributed by atoms with E-state index < -0.39 is 0 Å². The Hall–Kier alpha value is -2.00. The zero-order chi connectivity index (χ0) is 16.1. The summed E-state index contributed by atoms with van der Waals surface area (Å²) in [7, 11) is 0. The van der Waals surface area contributed by atoms with Crippen LogP contribution in [-0.2, 0) is 11.3 Å². The lowest BCUT2D eigenvalue weighted by atomic mass is 10.1. The minimum absolute atomic E-state index is 0.264. The quantitative estimate of drug-likeness (QED) is 0.853. The van der Waals surface area contributed by atoms with Crippen LogP contribution in [0.4, 0.5) is 5.69 Å². The van der Waals surface area contributed by atoms with Crippen molar-refractivity contribution in [2.75, 3.05) is 18.5 Å². The standard InChI is InChI=1S/C20H25NO2/c1-15-5-6-16(2)20(12-15)21-13-17-7-9-18(10-8-17)23-14-19-4-3-11-22-19/h5-10,12,19,21H,3-4,11,13-14H2,1-2H3. The van der Waals surface area contributed by atoms with Crippen molar-refractivity contribution in [2.45, 2.75) is 39.3 Å². The van der Waals surface area contributed by atoms with Gasteiger partial charge in [0, 0.05) is 18.8 Å². The Bertz CT molecular complexity index is 631. The number of nitrogens with one attached hydrogen (secondary N) is 1. The Morgan fingerprint density at radius 2 is 1.96 bits per heavy atom. The Morgan fingerprint density at radius 1 is 1.13 bits per heavy atom. The fourth-order valence-corrected chi connectivity index (χ4v) is 2.79. The number of aryl methyl sites for hydroxylation is 2. The first-order valence-electron chi connectivity index (χ1n) is 8.35. The van der Waals surface area contributed by atoms with Gasteiger partial charge in [-0.2, -0.15) is 0 Å². The first-order chi connectivity index (χ1) is 11.2. The molecule has 1 unspecified atom stereocenters. The van der Waals surface area contributed by atoms with Crippen LogP contribution >= 0.6 is 0 Å². The Balaban J connectivity index is 1.51. The van der Waals surface area contributed by atoms with Gasteiger partial charge in [0.15, 0.2) is 0 Å². The molecule has 0 aliphatic carbocycles. The number of hydrogen-bond donors (Lipinski definition) is 1.